The van der Waals surface area contributed by atoms with Crippen molar-refractivity contribution in [3.63, 3.8) is 0 Å². The van der Waals surface area contributed by atoms with Crippen molar-refractivity contribution in [3.8, 4) is 0 Å². The Morgan fingerprint density at radius 3 is 0.889 bits per heavy atom. The highest BCUT2D eigenvalue weighted by molar-refractivity contribution is 9.09. The van der Waals surface area contributed by atoms with Crippen LogP contribution in [0.2, 0.25) is 0 Å². The molecule has 0 bridgehead atoms. The van der Waals surface area contributed by atoms with E-state index in [0.717, 1.165) is 21.3 Å². The molecule has 0 atom stereocenters. The molecule has 100 valence electrons. The molecule has 0 N–H and O–H groups in total. The van der Waals surface area contributed by atoms with Crippen LogP contribution in [0.3, 0.4) is 0 Å². The van der Waals surface area contributed by atoms with Crippen molar-refractivity contribution >= 4 is 63.7 Å². The van der Waals surface area contributed by atoms with Crippen LogP contribution in [0, 0.1) is 0 Å². The summed E-state index contributed by atoms with van der Waals surface area (Å²) < 4.78 is 0. The number of halogens is 4. The van der Waals surface area contributed by atoms with Crippen molar-refractivity contribution in [2.75, 3.05) is 21.3 Å². The zero-order valence-corrected chi connectivity index (χ0v) is 16.5. The van der Waals surface area contributed by atoms with Gasteiger partial charge in [0.25, 0.3) is 0 Å². The molecule has 0 spiro atoms. The summed E-state index contributed by atoms with van der Waals surface area (Å²) in [6.07, 6.45) is 4.70. The van der Waals surface area contributed by atoms with E-state index in [1.54, 1.807) is 33.4 Å². The quantitative estimate of drug-likeness (QED) is 0.324. The predicted molar refractivity (Wildman–Crippen MR) is 94.7 cm³/mol. The van der Waals surface area contributed by atoms with E-state index in [0.29, 0.717) is 0 Å². The van der Waals surface area contributed by atoms with Gasteiger partial charge in [0.05, 0.1) is 0 Å². The van der Waals surface area contributed by atoms with Crippen LogP contribution in [0.4, 0.5) is 0 Å². The first-order chi connectivity index (χ1) is 8.73. The Kier molecular flexibility index (Phi) is 6.24. The zero-order chi connectivity index (χ0) is 13.1. The van der Waals surface area contributed by atoms with Gasteiger partial charge in [0.15, 0.2) is 0 Å². The average Bonchev–Trinajstić information content (AvgIpc) is 2.43. The molecule has 0 saturated heterocycles. The average molecular weight is 504 g/mol. The van der Waals surface area contributed by atoms with Gasteiger partial charge in [-0.2, -0.15) is 0 Å². The highest BCUT2D eigenvalue weighted by Gasteiger charge is 2.24. The van der Waals surface area contributed by atoms with Gasteiger partial charge < -0.3 is 0 Å². The van der Waals surface area contributed by atoms with Gasteiger partial charge in [0, 0.05) is 21.3 Å². The van der Waals surface area contributed by atoms with E-state index in [9.17, 15) is 0 Å². The van der Waals surface area contributed by atoms with E-state index in [2.05, 4.69) is 63.7 Å². The minimum atomic E-state index is 1.02. The number of hydrogen-bond acceptors (Lipinski definition) is 0. The molecule has 0 aromatic heterocycles. The molecule has 0 heterocycles. The Balaban J connectivity index is 2.20. The van der Waals surface area contributed by atoms with Gasteiger partial charge in [-0.1, -0.05) is 97.2 Å². The van der Waals surface area contributed by atoms with E-state index < -0.39 is 0 Å². The second kappa shape index (κ2) is 7.24. The van der Waals surface area contributed by atoms with Gasteiger partial charge in [-0.3, -0.25) is 0 Å². The highest BCUT2D eigenvalue weighted by atomic mass is 79.9. The third kappa shape index (κ3) is 3.24. The van der Waals surface area contributed by atoms with Gasteiger partial charge in [0.1, 0.15) is 0 Å². The van der Waals surface area contributed by atoms with E-state index in [4.69, 9.17) is 0 Å². The van der Waals surface area contributed by atoms with Crippen molar-refractivity contribution in [1.82, 2.24) is 0 Å². The highest BCUT2D eigenvalue weighted by Crippen LogP contribution is 2.42. The molecule has 0 aliphatic heterocycles. The van der Waals surface area contributed by atoms with Crippen LogP contribution >= 0.6 is 63.7 Å². The zero-order valence-electron chi connectivity index (χ0n) is 10.2. The fourth-order valence-electron chi connectivity index (χ4n) is 2.72. The lowest BCUT2D eigenvalue weighted by atomic mass is 9.78. The van der Waals surface area contributed by atoms with Gasteiger partial charge in [-0.25, -0.2) is 0 Å². The summed E-state index contributed by atoms with van der Waals surface area (Å²) in [7, 11) is 0. The SMILES string of the molecule is BrCC1=C(CBr)CC2=C(C1)CC(CBr)=C(CBr)C2. The first kappa shape index (κ1) is 15.5. The van der Waals surface area contributed by atoms with Crippen LogP contribution in [-0.2, 0) is 0 Å². The fourth-order valence-corrected chi connectivity index (χ4v) is 5.10. The van der Waals surface area contributed by atoms with E-state index in [1.807, 2.05) is 0 Å². The summed E-state index contributed by atoms with van der Waals surface area (Å²) in [4.78, 5) is 0. The van der Waals surface area contributed by atoms with Gasteiger partial charge >= 0.3 is 0 Å². The third-order valence-electron chi connectivity index (χ3n) is 3.85. The smallest absolute Gasteiger partial charge is 0.0248 e. The number of hydrogen-bond donors (Lipinski definition) is 0. The molecule has 0 fully saturated rings. The molecule has 18 heavy (non-hydrogen) atoms. The summed E-state index contributed by atoms with van der Waals surface area (Å²) in [6, 6.07) is 0. The lowest BCUT2D eigenvalue weighted by Crippen LogP contribution is -2.14. The molecule has 0 aromatic carbocycles. The van der Waals surface area contributed by atoms with Crippen molar-refractivity contribution < 1.29 is 0 Å². The molecule has 4 heteroatoms. The lowest BCUT2D eigenvalue weighted by molar-refractivity contribution is 0.811. The molecule has 2 aliphatic rings. The van der Waals surface area contributed by atoms with Gasteiger partial charge in [0.2, 0.25) is 0 Å². The summed E-state index contributed by atoms with van der Waals surface area (Å²) >= 11 is 14.5. The molecule has 0 saturated carbocycles. The maximum atomic E-state index is 3.64. The molecule has 0 nitrogen and oxygen atoms in total. The first-order valence-electron chi connectivity index (χ1n) is 6.06. The Bertz CT molecular complexity index is 353. The van der Waals surface area contributed by atoms with Crippen molar-refractivity contribution in [1.29, 1.82) is 0 Å². The Labute approximate surface area is 143 Å². The summed E-state index contributed by atoms with van der Waals surface area (Å²) in [5.41, 5.74) is 9.69. The standard InChI is InChI=1S/C14H16Br4/c15-5-11-1-9-2-13(7-17)14(8-18)4-10(9)3-12(11)6-16/h1-8H2. The molecule has 2 aliphatic carbocycles. The molecule has 0 aromatic rings. The second-order valence-corrected chi connectivity index (χ2v) is 7.11. The summed E-state index contributed by atoms with van der Waals surface area (Å²) in [5, 5.41) is 4.07. The Morgan fingerprint density at radius 1 is 0.500 bits per heavy atom. The molecular weight excluding hydrogens is 488 g/mol. The molecule has 2 rings (SSSR count). The van der Waals surface area contributed by atoms with Crippen LogP contribution in [0.15, 0.2) is 33.4 Å². The molecule has 0 radical (unpaired) electrons. The Morgan fingerprint density at radius 2 is 0.722 bits per heavy atom. The number of allylic oxidation sites excluding steroid dienone is 6. The van der Waals surface area contributed by atoms with Crippen LogP contribution in [0.25, 0.3) is 0 Å². The Hall–Kier alpha value is 1.14. The fraction of sp³-hybridized carbons (Fsp3) is 0.571. The second-order valence-electron chi connectivity index (χ2n) is 4.86. The van der Waals surface area contributed by atoms with Crippen LogP contribution in [0.1, 0.15) is 25.7 Å². The van der Waals surface area contributed by atoms with E-state index in [-0.39, 0.29) is 0 Å². The lowest BCUT2D eigenvalue weighted by Gasteiger charge is -2.30. The largest absolute Gasteiger partial charge is 0.0880 e. The van der Waals surface area contributed by atoms with E-state index in [1.165, 1.54) is 25.7 Å². The number of rotatable bonds is 4. The van der Waals surface area contributed by atoms with Crippen molar-refractivity contribution in [2.24, 2.45) is 0 Å². The topological polar surface area (TPSA) is 0 Å². The summed E-state index contributed by atoms with van der Waals surface area (Å²) in [6.45, 7) is 0. The molecule has 0 amide bonds. The minimum absolute atomic E-state index is 1.02. The molecule has 0 unspecified atom stereocenters. The first-order valence-corrected chi connectivity index (χ1v) is 10.5. The predicted octanol–water partition coefficient (Wildman–Crippen LogP) is 6.04. The summed E-state index contributed by atoms with van der Waals surface area (Å²) in [5.74, 6) is 0. The maximum absolute atomic E-state index is 3.64. The van der Waals surface area contributed by atoms with Crippen molar-refractivity contribution in [2.45, 2.75) is 25.7 Å². The van der Waals surface area contributed by atoms with Crippen LogP contribution in [0.5, 0.6) is 0 Å². The van der Waals surface area contributed by atoms with Gasteiger partial charge in [-0.05, 0) is 25.7 Å². The minimum Gasteiger partial charge on any atom is -0.0880 e. The van der Waals surface area contributed by atoms with E-state index >= 15 is 0 Å². The normalized spacial score (nSPS) is 20.7. The monoisotopic (exact) mass is 500 g/mol. The maximum Gasteiger partial charge on any atom is 0.0248 e. The van der Waals surface area contributed by atoms with Crippen LogP contribution < -0.4 is 0 Å². The number of alkyl halides is 4. The molecular formula is C14H16Br4. The van der Waals surface area contributed by atoms with Gasteiger partial charge in [-0.15, -0.1) is 0 Å². The van der Waals surface area contributed by atoms with Crippen molar-refractivity contribution in [3.05, 3.63) is 33.4 Å². The van der Waals surface area contributed by atoms with Crippen LogP contribution in [-0.4, -0.2) is 21.3 Å². The third-order valence-corrected chi connectivity index (χ3v) is 6.56.